The number of nitro groups is 1. The summed E-state index contributed by atoms with van der Waals surface area (Å²) in [5, 5.41) is 13.4. The maximum atomic E-state index is 13.0. The lowest BCUT2D eigenvalue weighted by Gasteiger charge is -2.36. The van der Waals surface area contributed by atoms with Crippen molar-refractivity contribution in [2.45, 2.75) is 51.1 Å². The third-order valence-electron chi connectivity index (χ3n) is 5.64. The van der Waals surface area contributed by atoms with Crippen LogP contribution in [0.15, 0.2) is 24.3 Å². The fourth-order valence-electron chi connectivity index (χ4n) is 3.93. The topological polar surface area (TPSA) is 113 Å². The van der Waals surface area contributed by atoms with Crippen molar-refractivity contribution in [1.82, 2.24) is 15.1 Å². The number of urea groups is 1. The molecule has 0 aromatic heterocycles. The molecule has 0 bridgehead atoms. The Morgan fingerprint density at radius 1 is 1.29 bits per heavy atom. The molecule has 0 spiro atoms. The van der Waals surface area contributed by atoms with Crippen LogP contribution in [0.5, 0.6) is 0 Å². The predicted octanol–water partition coefficient (Wildman–Crippen LogP) is 2.15. The molecule has 28 heavy (non-hydrogen) atoms. The molecule has 0 unspecified atom stereocenters. The van der Waals surface area contributed by atoms with Crippen molar-refractivity contribution in [2.75, 3.05) is 13.1 Å². The van der Waals surface area contributed by atoms with Crippen LogP contribution in [0, 0.1) is 10.1 Å². The Labute approximate surface area is 162 Å². The molecule has 150 valence electrons. The smallest absolute Gasteiger partial charge is 0.325 e. The van der Waals surface area contributed by atoms with Gasteiger partial charge in [0.25, 0.3) is 11.6 Å². The van der Waals surface area contributed by atoms with E-state index in [1.165, 1.54) is 31.2 Å². The van der Waals surface area contributed by atoms with Crippen LogP contribution < -0.4 is 5.32 Å². The second kappa shape index (κ2) is 7.57. The molecule has 2 aliphatic heterocycles. The number of non-ortho nitro benzene ring substituents is 1. The summed E-state index contributed by atoms with van der Waals surface area (Å²) in [6.07, 6.45) is 3.77. The zero-order valence-electron chi connectivity index (χ0n) is 16.0. The number of nitro benzene ring substituents is 1. The number of carbonyl (C=O) groups excluding carboxylic acids is 3. The average molecular weight is 388 g/mol. The highest BCUT2D eigenvalue weighted by Gasteiger charge is 2.50. The molecule has 0 saturated carbocycles. The summed E-state index contributed by atoms with van der Waals surface area (Å²) in [7, 11) is 0. The number of benzene rings is 1. The molecular formula is C19H24N4O5. The number of likely N-dealkylation sites (tertiary alicyclic amines) is 1. The third-order valence-corrected chi connectivity index (χ3v) is 5.64. The largest absolute Gasteiger partial charge is 0.338 e. The van der Waals surface area contributed by atoms with Gasteiger partial charge in [-0.2, -0.15) is 0 Å². The van der Waals surface area contributed by atoms with Gasteiger partial charge in [-0.3, -0.25) is 24.6 Å². The van der Waals surface area contributed by atoms with E-state index in [2.05, 4.69) is 5.32 Å². The van der Waals surface area contributed by atoms with E-state index in [1.807, 2.05) is 6.92 Å². The van der Waals surface area contributed by atoms with Gasteiger partial charge < -0.3 is 10.2 Å². The van der Waals surface area contributed by atoms with E-state index < -0.39 is 22.4 Å². The standard InChI is InChI=1S/C19H24N4O5/c1-3-14-6-4-5-11-21(14)16(24)12-22-17(25)19(2,20-18(22)26)13-7-9-15(10-8-13)23(27)28/h7-10,14H,3-6,11-12H2,1-2H3,(H,20,26)/t14-,19-/m0/s1. The van der Waals surface area contributed by atoms with Crippen LogP contribution >= 0.6 is 0 Å². The Hall–Kier alpha value is -2.97. The van der Waals surface area contributed by atoms with Crippen molar-refractivity contribution in [1.29, 1.82) is 0 Å². The zero-order valence-corrected chi connectivity index (χ0v) is 16.0. The number of amides is 4. The number of nitrogens with zero attached hydrogens (tertiary/aromatic N) is 3. The van der Waals surface area contributed by atoms with E-state index in [0.717, 1.165) is 30.6 Å². The molecule has 3 rings (SSSR count). The van der Waals surface area contributed by atoms with Gasteiger partial charge in [0.1, 0.15) is 12.1 Å². The molecule has 0 radical (unpaired) electrons. The van der Waals surface area contributed by atoms with Gasteiger partial charge in [0.15, 0.2) is 0 Å². The minimum absolute atomic E-state index is 0.105. The van der Waals surface area contributed by atoms with Crippen LogP contribution in [0.2, 0.25) is 0 Å². The second-order valence-corrected chi connectivity index (χ2v) is 7.40. The van der Waals surface area contributed by atoms with Gasteiger partial charge >= 0.3 is 6.03 Å². The summed E-state index contributed by atoms with van der Waals surface area (Å²) in [6.45, 7) is 3.90. The number of carbonyl (C=O) groups is 3. The average Bonchev–Trinajstić information content (AvgIpc) is 2.91. The van der Waals surface area contributed by atoms with E-state index in [4.69, 9.17) is 0 Å². The fraction of sp³-hybridized carbons (Fsp3) is 0.526. The molecule has 1 aromatic carbocycles. The Balaban J connectivity index is 1.77. The van der Waals surface area contributed by atoms with Gasteiger partial charge in [-0.1, -0.05) is 6.92 Å². The molecular weight excluding hydrogens is 364 g/mol. The Bertz CT molecular complexity index is 809. The third kappa shape index (κ3) is 3.44. The molecule has 0 aliphatic carbocycles. The second-order valence-electron chi connectivity index (χ2n) is 7.40. The molecule has 1 aromatic rings. The normalized spacial score (nSPS) is 25.0. The van der Waals surface area contributed by atoms with Crippen molar-refractivity contribution in [3.63, 3.8) is 0 Å². The van der Waals surface area contributed by atoms with Gasteiger partial charge in [0.05, 0.1) is 4.92 Å². The van der Waals surface area contributed by atoms with E-state index in [9.17, 15) is 24.5 Å². The van der Waals surface area contributed by atoms with Gasteiger partial charge in [-0.05, 0) is 50.3 Å². The Morgan fingerprint density at radius 3 is 2.57 bits per heavy atom. The highest BCUT2D eigenvalue weighted by atomic mass is 16.6. The van der Waals surface area contributed by atoms with E-state index in [0.29, 0.717) is 12.1 Å². The summed E-state index contributed by atoms with van der Waals surface area (Å²) in [6, 6.07) is 4.96. The quantitative estimate of drug-likeness (QED) is 0.472. The summed E-state index contributed by atoms with van der Waals surface area (Å²) in [5.74, 6) is -0.771. The molecule has 1 N–H and O–H groups in total. The monoisotopic (exact) mass is 388 g/mol. The minimum Gasteiger partial charge on any atom is -0.338 e. The lowest BCUT2D eigenvalue weighted by Crippen LogP contribution is -2.49. The first-order valence-corrected chi connectivity index (χ1v) is 9.46. The van der Waals surface area contributed by atoms with E-state index >= 15 is 0 Å². The molecule has 2 heterocycles. The van der Waals surface area contributed by atoms with E-state index in [1.54, 1.807) is 4.90 Å². The maximum Gasteiger partial charge on any atom is 0.325 e. The van der Waals surface area contributed by atoms with Crippen molar-refractivity contribution in [3.05, 3.63) is 39.9 Å². The first-order chi connectivity index (χ1) is 13.3. The van der Waals surface area contributed by atoms with Gasteiger partial charge in [0.2, 0.25) is 5.91 Å². The molecule has 2 aliphatic rings. The predicted molar refractivity (Wildman–Crippen MR) is 100 cm³/mol. The van der Waals surface area contributed by atoms with Crippen molar-refractivity contribution < 1.29 is 19.3 Å². The molecule has 9 heteroatoms. The number of nitrogens with one attached hydrogen (secondary N) is 1. The fourth-order valence-corrected chi connectivity index (χ4v) is 3.93. The first kappa shape index (κ1) is 19.8. The van der Waals surface area contributed by atoms with Crippen molar-refractivity contribution in [2.24, 2.45) is 0 Å². The first-order valence-electron chi connectivity index (χ1n) is 9.46. The number of rotatable bonds is 5. The summed E-state index contributed by atoms with van der Waals surface area (Å²) in [5.41, 5.74) is -1.04. The maximum absolute atomic E-state index is 13.0. The number of hydrogen-bond acceptors (Lipinski definition) is 5. The number of piperidine rings is 1. The summed E-state index contributed by atoms with van der Waals surface area (Å²) in [4.78, 5) is 51.2. The lowest BCUT2D eigenvalue weighted by atomic mass is 9.92. The summed E-state index contributed by atoms with van der Waals surface area (Å²) >= 11 is 0. The van der Waals surface area contributed by atoms with Crippen molar-refractivity contribution >= 4 is 23.5 Å². The molecule has 2 saturated heterocycles. The van der Waals surface area contributed by atoms with Gasteiger partial charge in [0, 0.05) is 24.7 Å². The molecule has 2 atom stereocenters. The van der Waals surface area contributed by atoms with Gasteiger partial charge in [-0.25, -0.2) is 4.79 Å². The molecule has 4 amide bonds. The Kier molecular flexibility index (Phi) is 5.35. The highest BCUT2D eigenvalue weighted by Crippen LogP contribution is 2.30. The highest BCUT2D eigenvalue weighted by molar-refractivity contribution is 6.09. The van der Waals surface area contributed by atoms with Crippen LogP contribution in [-0.4, -0.2) is 51.7 Å². The van der Waals surface area contributed by atoms with Crippen LogP contribution in [0.3, 0.4) is 0 Å². The molecule has 9 nitrogen and oxygen atoms in total. The minimum atomic E-state index is -1.36. The van der Waals surface area contributed by atoms with Crippen molar-refractivity contribution in [3.8, 4) is 0 Å². The SMILES string of the molecule is CC[C@H]1CCCCN1C(=O)CN1C(=O)N[C@@](C)(c2ccc([N+](=O)[O-])cc2)C1=O. The van der Waals surface area contributed by atoms with Crippen LogP contribution in [0.1, 0.15) is 45.1 Å². The number of hydrogen-bond donors (Lipinski definition) is 1. The Morgan fingerprint density at radius 2 is 1.96 bits per heavy atom. The number of imide groups is 1. The van der Waals surface area contributed by atoms with Crippen LogP contribution in [0.4, 0.5) is 10.5 Å². The lowest BCUT2D eigenvalue weighted by molar-refractivity contribution is -0.384. The van der Waals surface area contributed by atoms with Crippen LogP contribution in [0.25, 0.3) is 0 Å². The summed E-state index contributed by atoms with van der Waals surface area (Å²) < 4.78 is 0. The van der Waals surface area contributed by atoms with Gasteiger partial charge in [-0.15, -0.1) is 0 Å². The van der Waals surface area contributed by atoms with Crippen LogP contribution in [-0.2, 0) is 15.1 Å². The van der Waals surface area contributed by atoms with E-state index in [-0.39, 0.29) is 24.2 Å². The molecule has 2 fully saturated rings. The zero-order chi connectivity index (χ0) is 20.5.